The van der Waals surface area contributed by atoms with Gasteiger partial charge in [-0.15, -0.1) is 0 Å². The van der Waals surface area contributed by atoms with Crippen molar-refractivity contribution in [3.8, 4) is 0 Å². The number of hydrogen-bond acceptors (Lipinski definition) is 3. The van der Waals surface area contributed by atoms with Crippen molar-refractivity contribution < 1.29 is 0 Å². The van der Waals surface area contributed by atoms with Gasteiger partial charge in [-0.2, -0.15) is 11.8 Å². The maximum absolute atomic E-state index is 3.74. The normalized spacial score (nSPS) is 20.1. The molecule has 1 fully saturated rings. The quantitative estimate of drug-likeness (QED) is 0.893. The Labute approximate surface area is 129 Å². The predicted octanol–water partition coefficient (Wildman–Crippen LogP) is 3.89. The van der Waals surface area contributed by atoms with Crippen molar-refractivity contribution in [1.82, 2.24) is 5.32 Å². The van der Waals surface area contributed by atoms with Gasteiger partial charge in [-0.05, 0) is 40.5 Å². The zero-order valence-corrected chi connectivity index (χ0v) is 14.4. The van der Waals surface area contributed by atoms with Crippen molar-refractivity contribution >= 4 is 33.4 Å². The van der Waals surface area contributed by atoms with Crippen molar-refractivity contribution in [2.75, 3.05) is 23.0 Å². The number of rotatable bonds is 4. The molecule has 2 nitrogen and oxygen atoms in total. The Morgan fingerprint density at radius 3 is 2.89 bits per heavy atom. The van der Waals surface area contributed by atoms with Gasteiger partial charge in [-0.25, -0.2) is 0 Å². The minimum atomic E-state index is 0.526. The number of nitrogens with zero attached hydrogens (tertiary/aromatic N) is 1. The van der Waals surface area contributed by atoms with E-state index in [1.54, 1.807) is 0 Å². The molecule has 0 saturated carbocycles. The van der Waals surface area contributed by atoms with E-state index in [2.05, 4.69) is 76.9 Å². The first kappa shape index (κ1) is 15.2. The molecule has 1 unspecified atom stereocenters. The van der Waals surface area contributed by atoms with Crippen LogP contribution >= 0.6 is 27.7 Å². The molecular formula is C15H23BrN2S. The van der Waals surface area contributed by atoms with Crippen LogP contribution in [-0.4, -0.2) is 30.1 Å². The largest absolute Gasteiger partial charge is 0.366 e. The van der Waals surface area contributed by atoms with Gasteiger partial charge in [0.15, 0.2) is 0 Å². The van der Waals surface area contributed by atoms with Crippen LogP contribution in [0.5, 0.6) is 0 Å². The predicted molar refractivity (Wildman–Crippen MR) is 90.3 cm³/mol. The maximum atomic E-state index is 3.74. The standard InChI is InChI=1S/C15H23BrN2S/c1-11(2)17-9-13-4-5-15(14(16)8-13)18-6-7-19-10-12(18)3/h4-5,8,11-12,17H,6-7,9-10H2,1-3H3. The zero-order chi connectivity index (χ0) is 13.8. The lowest BCUT2D eigenvalue weighted by atomic mass is 10.1. The fourth-order valence-corrected chi connectivity index (χ4v) is 3.97. The molecular weight excluding hydrogens is 320 g/mol. The number of benzene rings is 1. The molecule has 4 heteroatoms. The summed E-state index contributed by atoms with van der Waals surface area (Å²) in [6, 6.07) is 7.89. The molecule has 1 aliphatic heterocycles. The van der Waals surface area contributed by atoms with Gasteiger partial charge in [-0.1, -0.05) is 19.9 Å². The molecule has 0 aromatic heterocycles. The Hall–Kier alpha value is -0.190. The molecule has 19 heavy (non-hydrogen) atoms. The fraction of sp³-hybridized carbons (Fsp3) is 0.600. The molecule has 1 aromatic carbocycles. The topological polar surface area (TPSA) is 15.3 Å². The average molecular weight is 343 g/mol. The maximum Gasteiger partial charge on any atom is 0.0513 e. The van der Waals surface area contributed by atoms with Gasteiger partial charge in [0.2, 0.25) is 0 Å². The highest BCUT2D eigenvalue weighted by Crippen LogP contribution is 2.31. The van der Waals surface area contributed by atoms with E-state index in [9.17, 15) is 0 Å². The van der Waals surface area contributed by atoms with Gasteiger partial charge in [0.05, 0.1) is 5.69 Å². The van der Waals surface area contributed by atoms with Gasteiger partial charge in [-0.3, -0.25) is 0 Å². The first-order chi connectivity index (χ1) is 9.08. The number of nitrogens with one attached hydrogen (secondary N) is 1. The number of halogens is 1. The van der Waals surface area contributed by atoms with E-state index in [-0.39, 0.29) is 0 Å². The second-order valence-corrected chi connectivity index (χ2v) is 7.44. The van der Waals surface area contributed by atoms with Gasteiger partial charge in [0, 0.05) is 41.2 Å². The number of hydrogen-bond donors (Lipinski definition) is 1. The summed E-state index contributed by atoms with van der Waals surface area (Å²) in [5.41, 5.74) is 2.67. The third-order valence-electron chi connectivity index (χ3n) is 3.40. The van der Waals surface area contributed by atoms with Gasteiger partial charge < -0.3 is 10.2 Å². The van der Waals surface area contributed by atoms with Crippen LogP contribution in [0.15, 0.2) is 22.7 Å². The Bertz CT molecular complexity index is 423. The Kier molecular flexibility index (Phi) is 5.60. The smallest absolute Gasteiger partial charge is 0.0513 e. The third kappa shape index (κ3) is 4.14. The summed E-state index contributed by atoms with van der Waals surface area (Å²) >= 11 is 5.80. The summed E-state index contributed by atoms with van der Waals surface area (Å²) in [6.07, 6.45) is 0. The molecule has 0 bridgehead atoms. The molecule has 1 saturated heterocycles. The van der Waals surface area contributed by atoms with E-state index in [1.807, 2.05) is 0 Å². The van der Waals surface area contributed by atoms with Crippen LogP contribution in [-0.2, 0) is 6.54 Å². The minimum absolute atomic E-state index is 0.526. The first-order valence-electron chi connectivity index (χ1n) is 6.94. The van der Waals surface area contributed by atoms with E-state index >= 15 is 0 Å². The van der Waals surface area contributed by atoms with Crippen LogP contribution in [0.2, 0.25) is 0 Å². The fourth-order valence-electron chi connectivity index (χ4n) is 2.30. The molecule has 2 rings (SSSR count). The van der Waals surface area contributed by atoms with Crippen molar-refractivity contribution in [3.05, 3.63) is 28.2 Å². The van der Waals surface area contributed by atoms with Gasteiger partial charge >= 0.3 is 0 Å². The van der Waals surface area contributed by atoms with Crippen LogP contribution in [0.4, 0.5) is 5.69 Å². The number of anilines is 1. The molecule has 106 valence electrons. The minimum Gasteiger partial charge on any atom is -0.366 e. The van der Waals surface area contributed by atoms with Crippen LogP contribution in [0.1, 0.15) is 26.3 Å². The zero-order valence-electron chi connectivity index (χ0n) is 11.9. The van der Waals surface area contributed by atoms with Crippen LogP contribution in [0.25, 0.3) is 0 Å². The van der Waals surface area contributed by atoms with Crippen molar-refractivity contribution in [2.45, 2.75) is 39.4 Å². The van der Waals surface area contributed by atoms with E-state index in [0.717, 1.165) is 13.1 Å². The van der Waals surface area contributed by atoms with Crippen LogP contribution in [0, 0.1) is 0 Å². The number of thioether (sulfide) groups is 1. The molecule has 1 heterocycles. The highest BCUT2D eigenvalue weighted by atomic mass is 79.9. The summed E-state index contributed by atoms with van der Waals surface area (Å²) < 4.78 is 1.22. The van der Waals surface area contributed by atoms with Crippen molar-refractivity contribution in [1.29, 1.82) is 0 Å². The second-order valence-electron chi connectivity index (χ2n) is 5.44. The van der Waals surface area contributed by atoms with Crippen molar-refractivity contribution in [3.63, 3.8) is 0 Å². The van der Waals surface area contributed by atoms with E-state index in [1.165, 1.54) is 27.2 Å². The monoisotopic (exact) mass is 342 g/mol. The Morgan fingerprint density at radius 2 is 2.26 bits per heavy atom. The lowest BCUT2D eigenvalue weighted by molar-refractivity contribution is 0.588. The van der Waals surface area contributed by atoms with Crippen LogP contribution < -0.4 is 10.2 Å². The summed E-state index contributed by atoms with van der Waals surface area (Å²) in [4.78, 5) is 2.51. The van der Waals surface area contributed by atoms with E-state index < -0.39 is 0 Å². The lowest BCUT2D eigenvalue weighted by Crippen LogP contribution is -2.40. The van der Waals surface area contributed by atoms with Crippen LogP contribution in [0.3, 0.4) is 0 Å². The lowest BCUT2D eigenvalue weighted by Gasteiger charge is -2.35. The molecule has 1 N–H and O–H groups in total. The highest BCUT2D eigenvalue weighted by molar-refractivity contribution is 9.10. The third-order valence-corrected chi connectivity index (χ3v) is 5.23. The molecule has 1 aliphatic rings. The molecule has 1 aromatic rings. The Morgan fingerprint density at radius 1 is 1.47 bits per heavy atom. The molecule has 0 amide bonds. The van der Waals surface area contributed by atoms with E-state index in [0.29, 0.717) is 12.1 Å². The SMILES string of the molecule is CC(C)NCc1ccc(N2CCSCC2C)c(Br)c1. The molecule has 0 aliphatic carbocycles. The summed E-state index contributed by atoms with van der Waals surface area (Å²) in [5.74, 6) is 2.45. The first-order valence-corrected chi connectivity index (χ1v) is 8.89. The van der Waals surface area contributed by atoms with E-state index in [4.69, 9.17) is 0 Å². The molecule has 0 spiro atoms. The molecule has 0 radical (unpaired) electrons. The average Bonchev–Trinajstić information content (AvgIpc) is 2.38. The van der Waals surface area contributed by atoms with Gasteiger partial charge in [0.1, 0.15) is 0 Å². The second kappa shape index (κ2) is 7.00. The summed E-state index contributed by atoms with van der Waals surface area (Å²) in [5, 5.41) is 3.46. The highest BCUT2D eigenvalue weighted by Gasteiger charge is 2.20. The summed E-state index contributed by atoms with van der Waals surface area (Å²) in [6.45, 7) is 8.75. The van der Waals surface area contributed by atoms with Gasteiger partial charge in [0.25, 0.3) is 0 Å². The molecule has 1 atom stereocenters. The summed E-state index contributed by atoms with van der Waals surface area (Å²) in [7, 11) is 0. The van der Waals surface area contributed by atoms with Crippen molar-refractivity contribution in [2.24, 2.45) is 0 Å². The Balaban J connectivity index is 2.10.